The first-order valence-electron chi connectivity index (χ1n) is 7.19. The number of hydrogen-bond donors (Lipinski definition) is 1. The molecule has 0 aromatic heterocycles. The molecule has 18 heavy (non-hydrogen) atoms. The predicted octanol–water partition coefficient (Wildman–Crippen LogP) is 2.81. The first-order valence-corrected chi connectivity index (χ1v) is 7.19. The number of aliphatic carboxylic acids is 1. The van der Waals surface area contributed by atoms with Gasteiger partial charge in [-0.1, -0.05) is 39.0 Å². The van der Waals surface area contributed by atoms with Crippen LogP contribution in [0.25, 0.3) is 0 Å². The SMILES string of the molecule is CCCCCCC(C(=O)O)N1CCCCCC1=O. The second kappa shape index (κ2) is 8.11. The molecule has 1 rings (SSSR count). The van der Waals surface area contributed by atoms with Crippen LogP contribution in [-0.4, -0.2) is 34.5 Å². The van der Waals surface area contributed by atoms with Crippen molar-refractivity contribution in [2.24, 2.45) is 0 Å². The quantitative estimate of drug-likeness (QED) is 0.712. The summed E-state index contributed by atoms with van der Waals surface area (Å²) < 4.78 is 0. The van der Waals surface area contributed by atoms with Gasteiger partial charge in [0.1, 0.15) is 6.04 Å². The maximum Gasteiger partial charge on any atom is 0.326 e. The zero-order chi connectivity index (χ0) is 13.4. The molecule has 1 aliphatic heterocycles. The number of likely N-dealkylation sites (tertiary alicyclic amines) is 1. The Bertz CT molecular complexity index is 278. The van der Waals surface area contributed by atoms with Gasteiger partial charge in [-0.2, -0.15) is 0 Å². The van der Waals surface area contributed by atoms with E-state index in [-0.39, 0.29) is 5.91 Å². The highest BCUT2D eigenvalue weighted by Crippen LogP contribution is 2.18. The average molecular weight is 255 g/mol. The van der Waals surface area contributed by atoms with E-state index in [0.29, 0.717) is 19.4 Å². The minimum Gasteiger partial charge on any atom is -0.480 e. The second-order valence-corrected chi connectivity index (χ2v) is 5.10. The fourth-order valence-electron chi connectivity index (χ4n) is 2.51. The minimum absolute atomic E-state index is 0.0235. The molecule has 1 atom stereocenters. The first-order chi connectivity index (χ1) is 8.66. The monoisotopic (exact) mass is 255 g/mol. The molecule has 1 aliphatic rings. The Hall–Kier alpha value is -1.06. The fraction of sp³-hybridized carbons (Fsp3) is 0.857. The van der Waals surface area contributed by atoms with Gasteiger partial charge in [-0.15, -0.1) is 0 Å². The minimum atomic E-state index is -0.846. The lowest BCUT2D eigenvalue weighted by Crippen LogP contribution is -2.44. The number of carbonyl (C=O) groups excluding carboxylic acids is 1. The van der Waals surface area contributed by atoms with E-state index < -0.39 is 12.0 Å². The molecule has 0 saturated carbocycles. The normalized spacial score (nSPS) is 18.5. The van der Waals surface area contributed by atoms with Gasteiger partial charge in [0, 0.05) is 13.0 Å². The third kappa shape index (κ3) is 4.67. The van der Waals surface area contributed by atoms with Crippen molar-refractivity contribution in [3.05, 3.63) is 0 Å². The van der Waals surface area contributed by atoms with E-state index >= 15 is 0 Å². The lowest BCUT2D eigenvalue weighted by Gasteiger charge is -2.27. The Morgan fingerprint density at radius 3 is 2.72 bits per heavy atom. The van der Waals surface area contributed by atoms with Gasteiger partial charge in [0.2, 0.25) is 5.91 Å². The molecule has 1 N–H and O–H groups in total. The molecule has 4 heteroatoms. The smallest absolute Gasteiger partial charge is 0.326 e. The van der Waals surface area contributed by atoms with Crippen LogP contribution in [0.15, 0.2) is 0 Å². The molecule has 1 saturated heterocycles. The van der Waals surface area contributed by atoms with Crippen molar-refractivity contribution >= 4 is 11.9 Å². The number of amides is 1. The van der Waals surface area contributed by atoms with Crippen LogP contribution in [0.1, 0.15) is 64.7 Å². The summed E-state index contributed by atoms with van der Waals surface area (Å²) in [6.07, 6.45) is 8.21. The van der Waals surface area contributed by atoms with Crippen LogP contribution in [0.2, 0.25) is 0 Å². The Kier molecular flexibility index (Phi) is 6.76. The van der Waals surface area contributed by atoms with Gasteiger partial charge in [0.25, 0.3) is 0 Å². The van der Waals surface area contributed by atoms with Gasteiger partial charge in [-0.25, -0.2) is 4.79 Å². The van der Waals surface area contributed by atoms with Crippen molar-refractivity contribution in [3.8, 4) is 0 Å². The van der Waals surface area contributed by atoms with Crippen LogP contribution in [-0.2, 0) is 9.59 Å². The lowest BCUT2D eigenvalue weighted by atomic mass is 10.1. The maximum atomic E-state index is 11.9. The van der Waals surface area contributed by atoms with E-state index in [0.717, 1.165) is 44.9 Å². The Labute approximate surface area is 109 Å². The van der Waals surface area contributed by atoms with Crippen molar-refractivity contribution in [2.75, 3.05) is 6.54 Å². The van der Waals surface area contributed by atoms with Gasteiger partial charge in [-0.05, 0) is 19.3 Å². The lowest BCUT2D eigenvalue weighted by molar-refractivity contribution is -0.150. The molecule has 1 heterocycles. The zero-order valence-electron chi connectivity index (χ0n) is 11.4. The molecular weight excluding hydrogens is 230 g/mol. The highest BCUT2D eigenvalue weighted by atomic mass is 16.4. The van der Waals surface area contributed by atoms with E-state index in [4.69, 9.17) is 0 Å². The molecule has 104 valence electrons. The predicted molar refractivity (Wildman–Crippen MR) is 70.4 cm³/mol. The Morgan fingerprint density at radius 2 is 2.06 bits per heavy atom. The number of rotatable bonds is 7. The summed E-state index contributed by atoms with van der Waals surface area (Å²) in [7, 11) is 0. The molecule has 0 aliphatic carbocycles. The Morgan fingerprint density at radius 1 is 1.28 bits per heavy atom. The number of unbranched alkanes of at least 4 members (excludes halogenated alkanes) is 3. The number of carbonyl (C=O) groups is 2. The average Bonchev–Trinajstić information content (AvgIpc) is 2.54. The summed E-state index contributed by atoms with van der Waals surface area (Å²) >= 11 is 0. The highest BCUT2D eigenvalue weighted by molar-refractivity contribution is 5.83. The van der Waals surface area contributed by atoms with E-state index in [2.05, 4.69) is 6.92 Å². The third-order valence-corrected chi connectivity index (χ3v) is 3.60. The van der Waals surface area contributed by atoms with E-state index in [1.54, 1.807) is 4.90 Å². The molecule has 0 radical (unpaired) electrons. The molecule has 1 fully saturated rings. The molecule has 4 nitrogen and oxygen atoms in total. The summed E-state index contributed by atoms with van der Waals surface area (Å²) in [4.78, 5) is 24.8. The van der Waals surface area contributed by atoms with Crippen LogP contribution in [0, 0.1) is 0 Å². The summed E-state index contributed by atoms with van der Waals surface area (Å²) in [6, 6.07) is -0.604. The van der Waals surface area contributed by atoms with Crippen LogP contribution in [0.4, 0.5) is 0 Å². The molecule has 1 amide bonds. The van der Waals surface area contributed by atoms with Gasteiger partial charge < -0.3 is 10.0 Å². The van der Waals surface area contributed by atoms with E-state index in [1.807, 2.05) is 0 Å². The van der Waals surface area contributed by atoms with Crippen LogP contribution in [0.3, 0.4) is 0 Å². The molecule has 0 aromatic carbocycles. The fourth-order valence-corrected chi connectivity index (χ4v) is 2.51. The zero-order valence-corrected chi connectivity index (χ0v) is 11.4. The standard InChI is InChI=1S/C14H25NO3/c1-2-3-4-6-9-12(14(17)18)15-11-8-5-7-10-13(15)16/h12H,2-11H2,1H3,(H,17,18). The maximum absolute atomic E-state index is 11.9. The topological polar surface area (TPSA) is 57.6 Å². The molecule has 0 aromatic rings. The van der Waals surface area contributed by atoms with Crippen molar-refractivity contribution in [1.29, 1.82) is 0 Å². The summed E-state index contributed by atoms with van der Waals surface area (Å²) in [5.74, 6) is -0.822. The van der Waals surface area contributed by atoms with E-state index in [1.165, 1.54) is 0 Å². The highest BCUT2D eigenvalue weighted by Gasteiger charge is 2.29. The van der Waals surface area contributed by atoms with E-state index in [9.17, 15) is 14.7 Å². The van der Waals surface area contributed by atoms with Gasteiger partial charge in [0.15, 0.2) is 0 Å². The number of carboxylic acid groups (broad SMARTS) is 1. The van der Waals surface area contributed by atoms with Gasteiger partial charge >= 0.3 is 5.97 Å². The Balaban J connectivity index is 2.53. The summed E-state index contributed by atoms with van der Waals surface area (Å²) in [5, 5.41) is 9.30. The number of hydrogen-bond acceptors (Lipinski definition) is 2. The third-order valence-electron chi connectivity index (χ3n) is 3.60. The summed E-state index contributed by atoms with van der Waals surface area (Å²) in [6.45, 7) is 2.75. The summed E-state index contributed by atoms with van der Waals surface area (Å²) in [5.41, 5.74) is 0. The van der Waals surface area contributed by atoms with Crippen molar-refractivity contribution < 1.29 is 14.7 Å². The number of carboxylic acids is 1. The van der Waals surface area contributed by atoms with Crippen molar-refractivity contribution in [2.45, 2.75) is 70.8 Å². The molecule has 0 spiro atoms. The van der Waals surface area contributed by atoms with Crippen LogP contribution >= 0.6 is 0 Å². The van der Waals surface area contributed by atoms with Crippen molar-refractivity contribution in [3.63, 3.8) is 0 Å². The second-order valence-electron chi connectivity index (χ2n) is 5.10. The van der Waals surface area contributed by atoms with Crippen molar-refractivity contribution in [1.82, 2.24) is 4.90 Å². The van der Waals surface area contributed by atoms with Crippen LogP contribution in [0.5, 0.6) is 0 Å². The molecule has 1 unspecified atom stereocenters. The van der Waals surface area contributed by atoms with Crippen LogP contribution < -0.4 is 0 Å². The van der Waals surface area contributed by atoms with Gasteiger partial charge in [0.05, 0.1) is 0 Å². The number of nitrogens with zero attached hydrogens (tertiary/aromatic N) is 1. The largest absolute Gasteiger partial charge is 0.480 e. The first kappa shape index (κ1) is 15.0. The molecule has 0 bridgehead atoms. The van der Waals surface area contributed by atoms with Gasteiger partial charge in [-0.3, -0.25) is 4.79 Å². The molecular formula is C14H25NO3.